The van der Waals surface area contributed by atoms with E-state index in [0.29, 0.717) is 43.6 Å². The zero-order valence-electron chi connectivity index (χ0n) is 32.8. The molecular formula is C40H55N5O9S. The van der Waals surface area contributed by atoms with Crippen LogP contribution in [0.25, 0.3) is 10.8 Å². The van der Waals surface area contributed by atoms with Crippen LogP contribution in [0.2, 0.25) is 0 Å². The molecular weight excluding hydrogens is 727 g/mol. The van der Waals surface area contributed by atoms with Crippen LogP contribution >= 0.6 is 0 Å². The van der Waals surface area contributed by atoms with Crippen LogP contribution in [-0.4, -0.2) is 99.3 Å². The number of allylic oxidation sites excluding steroid dienone is 1. The Morgan fingerprint density at radius 1 is 1.15 bits per heavy atom. The highest BCUT2D eigenvalue weighted by atomic mass is 32.2. The molecule has 0 bridgehead atoms. The van der Waals surface area contributed by atoms with E-state index >= 15 is 4.79 Å². The van der Waals surface area contributed by atoms with Crippen LogP contribution in [0, 0.1) is 17.8 Å². The Morgan fingerprint density at radius 3 is 2.51 bits per heavy atom. The van der Waals surface area contributed by atoms with Gasteiger partial charge in [0.2, 0.25) is 33.6 Å². The molecule has 0 unspecified atom stereocenters. The molecule has 1 aromatic heterocycles. The van der Waals surface area contributed by atoms with Crippen molar-refractivity contribution in [2.75, 3.05) is 13.2 Å². The van der Waals surface area contributed by atoms with Crippen LogP contribution in [0.15, 0.2) is 42.5 Å². The van der Waals surface area contributed by atoms with E-state index in [-0.39, 0.29) is 31.2 Å². The Hall–Kier alpha value is -4.40. The lowest BCUT2D eigenvalue weighted by Crippen LogP contribution is -2.62. The van der Waals surface area contributed by atoms with Gasteiger partial charge < -0.3 is 24.8 Å². The highest BCUT2D eigenvalue weighted by Crippen LogP contribution is 2.48. The van der Waals surface area contributed by atoms with Crippen LogP contribution < -0.4 is 19.5 Å². The quantitative estimate of drug-likeness (QED) is 0.308. The molecule has 0 spiro atoms. The van der Waals surface area contributed by atoms with Gasteiger partial charge in [0, 0.05) is 29.3 Å². The minimum Gasteiger partial charge on any atom is -0.478 e. The van der Waals surface area contributed by atoms with Crippen molar-refractivity contribution in [3.63, 3.8) is 0 Å². The summed E-state index contributed by atoms with van der Waals surface area (Å²) in [7, 11) is -4.02. The van der Waals surface area contributed by atoms with Crippen molar-refractivity contribution < 1.29 is 42.2 Å². The Labute approximate surface area is 323 Å². The highest BCUT2D eigenvalue weighted by Gasteiger charge is 2.63. The van der Waals surface area contributed by atoms with Gasteiger partial charge >= 0.3 is 6.09 Å². The van der Waals surface area contributed by atoms with E-state index < -0.39 is 79.7 Å². The van der Waals surface area contributed by atoms with Crippen LogP contribution in [0.1, 0.15) is 93.4 Å². The fraction of sp³-hybridized carbons (Fsp3) is 0.625. The fourth-order valence-corrected chi connectivity index (χ4v) is 9.49. The molecule has 14 nitrogen and oxygen atoms in total. The zero-order valence-corrected chi connectivity index (χ0v) is 33.6. The zero-order chi connectivity index (χ0) is 40.1. The van der Waals surface area contributed by atoms with Crippen LogP contribution in [0.3, 0.4) is 0 Å². The molecule has 15 heteroatoms. The third-order valence-corrected chi connectivity index (χ3v) is 13.8. The molecule has 2 aliphatic heterocycles. The average Bonchev–Trinajstić information content (AvgIpc) is 3.98. The topological polar surface area (TPSA) is 185 Å². The summed E-state index contributed by atoms with van der Waals surface area (Å²) in [4.78, 5) is 63.8. The number of amides is 4. The summed E-state index contributed by atoms with van der Waals surface area (Å²) >= 11 is 0. The first kappa shape index (κ1) is 40.3. The summed E-state index contributed by atoms with van der Waals surface area (Å²) in [6, 6.07) is 6.95. The Bertz CT molecular complexity index is 1980. The van der Waals surface area contributed by atoms with Gasteiger partial charge in [0.15, 0.2) is 0 Å². The summed E-state index contributed by atoms with van der Waals surface area (Å²) in [5.41, 5.74) is -2.53. The molecule has 1 saturated heterocycles. The summed E-state index contributed by atoms with van der Waals surface area (Å²) in [5, 5.41) is 15.0. The molecule has 3 fully saturated rings. The Morgan fingerprint density at radius 2 is 1.85 bits per heavy atom. The molecule has 1 aromatic carbocycles. The van der Waals surface area contributed by atoms with E-state index in [9.17, 15) is 27.9 Å². The minimum absolute atomic E-state index is 0.00110. The fourth-order valence-electron chi connectivity index (χ4n) is 8.18. The summed E-state index contributed by atoms with van der Waals surface area (Å²) < 4.78 is 39.9. The molecule has 3 N–H and O–H groups in total. The van der Waals surface area contributed by atoms with Crippen molar-refractivity contribution in [2.24, 2.45) is 17.8 Å². The number of ether oxygens (including phenoxy) is 2. The number of rotatable bonds is 8. The van der Waals surface area contributed by atoms with Crippen LogP contribution in [-0.2, 0) is 24.4 Å². The number of hydrogen-bond acceptors (Lipinski definition) is 9. The van der Waals surface area contributed by atoms with Gasteiger partial charge in [-0.1, -0.05) is 44.2 Å². The van der Waals surface area contributed by atoms with E-state index in [0.717, 1.165) is 11.8 Å². The molecule has 2 saturated carbocycles. The third-order valence-electron chi connectivity index (χ3n) is 11.7. The van der Waals surface area contributed by atoms with Gasteiger partial charge in [-0.15, -0.1) is 0 Å². The number of nitrogens with one attached hydrogen (secondary N) is 2. The largest absolute Gasteiger partial charge is 0.478 e. The first-order valence-electron chi connectivity index (χ1n) is 19.4. The lowest BCUT2D eigenvalue weighted by Gasteiger charge is -2.43. The van der Waals surface area contributed by atoms with Crippen molar-refractivity contribution in [3.8, 4) is 11.8 Å². The molecule has 7 atom stereocenters. The SMILES string of the molecule is CCOc1cc2ccccc2c(O[C@@H]2C[C@H]3C(=O)N[C@]4(C(=O)NS(=O)(=O)C5(C)CC5)C[C@H]4/C=C\CC[C@H](C)C[C@@H](C)[C@H](N(C(=O)O)C(C)(C)C)C(=O)N3C2)n1. The van der Waals surface area contributed by atoms with Gasteiger partial charge in [-0.25, -0.2) is 13.2 Å². The second-order valence-electron chi connectivity index (χ2n) is 17.1. The maximum atomic E-state index is 15.1. The number of carbonyl (C=O) groups excluding carboxylic acids is 3. The monoisotopic (exact) mass is 781 g/mol. The maximum absolute atomic E-state index is 15.1. The van der Waals surface area contributed by atoms with Crippen molar-refractivity contribution in [2.45, 2.75) is 127 Å². The predicted molar refractivity (Wildman–Crippen MR) is 206 cm³/mol. The molecule has 300 valence electrons. The first-order chi connectivity index (χ1) is 25.8. The van der Waals surface area contributed by atoms with E-state index in [2.05, 4.69) is 21.9 Å². The van der Waals surface area contributed by atoms with Gasteiger partial charge in [0.05, 0.1) is 17.9 Å². The Balaban J connectivity index is 1.40. The van der Waals surface area contributed by atoms with Crippen LogP contribution in [0.5, 0.6) is 11.8 Å². The van der Waals surface area contributed by atoms with Gasteiger partial charge in [0.25, 0.3) is 5.91 Å². The van der Waals surface area contributed by atoms with Crippen molar-refractivity contribution in [3.05, 3.63) is 42.5 Å². The summed E-state index contributed by atoms with van der Waals surface area (Å²) in [6.07, 6.45) is 4.75. The second kappa shape index (κ2) is 14.9. The standard InChI is InChI=1S/C40H55N5O9S/c1-8-53-31-20-26-14-10-12-16-29(26)34(41-31)54-28-21-30-33(46)42-40(36(48)43-55(51,52)39(7)17-18-39)22-27(40)15-11-9-13-24(2)19-25(3)32(35(47)44(30)23-28)45(37(49)50)38(4,5)6/h10-12,14-16,20,24-25,27-28,30,32H,8-9,13,17-19,21-23H2,1-7H3,(H,42,46)(H,43,48)(H,49,50)/b15-11-/t24-,25+,27+,28+,30-,32-,40+/m0/s1. The molecule has 2 aliphatic carbocycles. The Kier molecular flexibility index (Phi) is 10.9. The minimum atomic E-state index is -4.02. The van der Waals surface area contributed by atoms with Gasteiger partial charge in [-0.05, 0) is 96.4 Å². The molecule has 55 heavy (non-hydrogen) atoms. The molecule has 4 aliphatic rings. The molecule has 2 aromatic rings. The average molecular weight is 782 g/mol. The normalized spacial score (nSPS) is 30.1. The molecule has 3 heterocycles. The summed E-state index contributed by atoms with van der Waals surface area (Å²) in [5.74, 6) is -2.21. The van der Waals surface area contributed by atoms with Gasteiger partial charge in [-0.2, -0.15) is 4.98 Å². The second-order valence-corrected chi connectivity index (χ2v) is 19.3. The van der Waals surface area contributed by atoms with E-state index in [1.165, 1.54) is 9.80 Å². The van der Waals surface area contributed by atoms with Crippen molar-refractivity contribution in [1.82, 2.24) is 24.8 Å². The van der Waals surface area contributed by atoms with Crippen molar-refractivity contribution >= 4 is 44.6 Å². The third kappa shape index (κ3) is 8.13. The first-order valence-corrected chi connectivity index (χ1v) is 20.9. The highest BCUT2D eigenvalue weighted by molar-refractivity contribution is 7.91. The number of carboxylic acid groups (broad SMARTS) is 1. The number of pyridine rings is 1. The van der Waals surface area contributed by atoms with Crippen molar-refractivity contribution in [1.29, 1.82) is 0 Å². The number of hydrogen-bond donors (Lipinski definition) is 3. The lowest BCUT2D eigenvalue weighted by atomic mass is 9.85. The number of fused-ring (bicyclic) bond motifs is 3. The smallest absolute Gasteiger partial charge is 0.408 e. The van der Waals surface area contributed by atoms with Crippen LogP contribution in [0.4, 0.5) is 4.79 Å². The number of sulfonamides is 1. The molecule has 6 rings (SSSR count). The molecule has 4 amide bonds. The predicted octanol–water partition coefficient (Wildman–Crippen LogP) is 5.01. The lowest BCUT2D eigenvalue weighted by molar-refractivity contribution is -0.146. The number of nitrogens with zero attached hydrogens (tertiary/aromatic N) is 3. The van der Waals surface area contributed by atoms with E-state index in [1.807, 2.05) is 50.3 Å². The number of carbonyl (C=O) groups is 4. The summed E-state index contributed by atoms with van der Waals surface area (Å²) in [6.45, 7) is 12.9. The van der Waals surface area contributed by atoms with E-state index in [1.54, 1.807) is 33.8 Å². The number of aromatic nitrogens is 1. The van der Waals surface area contributed by atoms with Gasteiger partial charge in [-0.3, -0.25) is 24.0 Å². The maximum Gasteiger partial charge on any atom is 0.408 e. The molecule has 0 radical (unpaired) electrons. The number of benzene rings is 1. The van der Waals surface area contributed by atoms with Gasteiger partial charge in [0.1, 0.15) is 23.7 Å². The van der Waals surface area contributed by atoms with E-state index in [4.69, 9.17) is 9.47 Å².